The van der Waals surface area contributed by atoms with Gasteiger partial charge in [-0.25, -0.2) is 4.79 Å². The maximum absolute atomic E-state index is 12.5. The number of carbonyl (C=O) groups excluding carboxylic acids is 1. The van der Waals surface area contributed by atoms with Crippen LogP contribution in [0.1, 0.15) is 38.7 Å². The first-order valence-electron chi connectivity index (χ1n) is 7.96. The minimum absolute atomic E-state index is 0.110. The molecule has 5 nitrogen and oxygen atoms in total. The van der Waals surface area contributed by atoms with Gasteiger partial charge in [0.25, 0.3) is 0 Å². The van der Waals surface area contributed by atoms with Crippen molar-refractivity contribution >= 4 is 11.9 Å². The minimum atomic E-state index is -0.958. The highest BCUT2D eigenvalue weighted by Crippen LogP contribution is 2.29. The largest absolute Gasteiger partial charge is 0.480 e. The SMILES string of the molecule is COC1CC(C(=O)O)N(C(=O)CCC(C)(C)c2ccccc2)C1. The molecule has 2 rings (SSSR count). The van der Waals surface area contributed by atoms with Gasteiger partial charge in [-0.05, 0) is 17.4 Å². The molecule has 2 atom stereocenters. The van der Waals surface area contributed by atoms with Gasteiger partial charge in [-0.2, -0.15) is 0 Å². The first-order chi connectivity index (χ1) is 10.8. The van der Waals surface area contributed by atoms with Crippen molar-refractivity contribution < 1.29 is 19.4 Å². The van der Waals surface area contributed by atoms with Gasteiger partial charge >= 0.3 is 5.97 Å². The third kappa shape index (κ3) is 4.10. The Morgan fingerprint density at radius 2 is 1.96 bits per heavy atom. The molecule has 2 unspecified atom stereocenters. The van der Waals surface area contributed by atoms with Crippen LogP contribution in [0.3, 0.4) is 0 Å². The van der Waals surface area contributed by atoms with Gasteiger partial charge in [-0.15, -0.1) is 0 Å². The summed E-state index contributed by atoms with van der Waals surface area (Å²) in [6.45, 7) is 4.57. The predicted molar refractivity (Wildman–Crippen MR) is 87.3 cm³/mol. The van der Waals surface area contributed by atoms with E-state index in [0.29, 0.717) is 25.8 Å². The van der Waals surface area contributed by atoms with Gasteiger partial charge in [0.1, 0.15) is 6.04 Å². The van der Waals surface area contributed by atoms with Crippen LogP contribution in [0.15, 0.2) is 30.3 Å². The Kier molecular flexibility index (Phi) is 5.42. The number of ether oxygens (including phenoxy) is 1. The maximum Gasteiger partial charge on any atom is 0.326 e. The van der Waals surface area contributed by atoms with Gasteiger partial charge in [0.2, 0.25) is 5.91 Å². The van der Waals surface area contributed by atoms with Crippen molar-refractivity contribution in [3.05, 3.63) is 35.9 Å². The van der Waals surface area contributed by atoms with E-state index >= 15 is 0 Å². The second kappa shape index (κ2) is 7.13. The Balaban J connectivity index is 2.00. The highest BCUT2D eigenvalue weighted by molar-refractivity contribution is 5.84. The highest BCUT2D eigenvalue weighted by atomic mass is 16.5. The summed E-state index contributed by atoms with van der Waals surface area (Å²) in [4.78, 5) is 25.3. The Labute approximate surface area is 137 Å². The molecule has 0 aliphatic carbocycles. The number of carbonyl (C=O) groups is 2. The van der Waals surface area contributed by atoms with Gasteiger partial charge in [0.05, 0.1) is 6.10 Å². The molecule has 0 radical (unpaired) electrons. The summed E-state index contributed by atoms with van der Waals surface area (Å²) in [5.41, 5.74) is 1.05. The fourth-order valence-corrected chi connectivity index (χ4v) is 3.07. The number of aliphatic carboxylic acids is 1. The normalized spacial score (nSPS) is 21.4. The molecule has 1 aliphatic heterocycles. The molecule has 1 saturated heterocycles. The average Bonchev–Trinajstić information content (AvgIpc) is 2.98. The van der Waals surface area contributed by atoms with Crippen LogP contribution in [-0.2, 0) is 19.7 Å². The van der Waals surface area contributed by atoms with E-state index in [1.807, 2.05) is 18.2 Å². The molecule has 5 heteroatoms. The van der Waals surface area contributed by atoms with Crippen LogP contribution < -0.4 is 0 Å². The zero-order valence-electron chi connectivity index (χ0n) is 14.0. The third-order valence-corrected chi connectivity index (χ3v) is 4.72. The molecule has 1 amide bonds. The van der Waals surface area contributed by atoms with Crippen molar-refractivity contribution in [2.75, 3.05) is 13.7 Å². The van der Waals surface area contributed by atoms with E-state index in [4.69, 9.17) is 4.74 Å². The highest BCUT2D eigenvalue weighted by Gasteiger charge is 2.39. The fourth-order valence-electron chi connectivity index (χ4n) is 3.07. The Morgan fingerprint density at radius 3 is 2.52 bits per heavy atom. The van der Waals surface area contributed by atoms with E-state index in [1.54, 1.807) is 7.11 Å². The second-order valence-electron chi connectivity index (χ2n) is 6.74. The van der Waals surface area contributed by atoms with Crippen LogP contribution in [0.4, 0.5) is 0 Å². The van der Waals surface area contributed by atoms with Crippen molar-refractivity contribution in [1.29, 1.82) is 0 Å². The van der Waals surface area contributed by atoms with Crippen LogP contribution in [0, 0.1) is 0 Å². The van der Waals surface area contributed by atoms with Crippen molar-refractivity contribution in [2.24, 2.45) is 0 Å². The average molecular weight is 319 g/mol. The summed E-state index contributed by atoms with van der Waals surface area (Å²) in [5.74, 6) is -1.07. The van der Waals surface area contributed by atoms with Crippen LogP contribution >= 0.6 is 0 Å². The molecule has 0 saturated carbocycles. The molecule has 1 N–H and O–H groups in total. The number of methoxy groups -OCH3 is 1. The lowest BCUT2D eigenvalue weighted by Gasteiger charge is -2.27. The number of benzene rings is 1. The van der Waals surface area contributed by atoms with Crippen LogP contribution in [0.5, 0.6) is 0 Å². The summed E-state index contributed by atoms with van der Waals surface area (Å²) in [7, 11) is 1.55. The zero-order valence-corrected chi connectivity index (χ0v) is 14.0. The Hall–Kier alpha value is -1.88. The van der Waals surface area contributed by atoms with E-state index in [1.165, 1.54) is 10.5 Å². The van der Waals surface area contributed by atoms with Gasteiger partial charge in [0, 0.05) is 26.5 Å². The zero-order chi connectivity index (χ0) is 17.0. The van der Waals surface area contributed by atoms with Gasteiger partial charge < -0.3 is 14.7 Å². The Bertz CT molecular complexity index is 555. The molecular weight excluding hydrogens is 294 g/mol. The fraction of sp³-hybridized carbons (Fsp3) is 0.556. The number of nitrogens with zero attached hydrogens (tertiary/aromatic N) is 1. The first kappa shape index (κ1) is 17.5. The van der Waals surface area contributed by atoms with Crippen molar-refractivity contribution in [3.63, 3.8) is 0 Å². The maximum atomic E-state index is 12.5. The molecule has 23 heavy (non-hydrogen) atoms. The summed E-state index contributed by atoms with van der Waals surface area (Å²) >= 11 is 0. The monoisotopic (exact) mass is 319 g/mol. The lowest BCUT2D eigenvalue weighted by atomic mass is 9.80. The molecule has 0 bridgehead atoms. The van der Waals surface area contributed by atoms with E-state index in [-0.39, 0.29) is 17.4 Å². The summed E-state index contributed by atoms with van der Waals surface area (Å²) in [6, 6.07) is 9.29. The van der Waals surface area contributed by atoms with Gasteiger partial charge in [-0.3, -0.25) is 4.79 Å². The number of amides is 1. The third-order valence-electron chi connectivity index (χ3n) is 4.72. The van der Waals surface area contributed by atoms with E-state index in [9.17, 15) is 14.7 Å². The minimum Gasteiger partial charge on any atom is -0.480 e. The van der Waals surface area contributed by atoms with Crippen LogP contribution in [0.25, 0.3) is 0 Å². The standard InChI is InChI=1S/C18H25NO4/c1-18(2,13-7-5-4-6-8-13)10-9-16(20)19-12-14(23-3)11-15(19)17(21)22/h4-8,14-15H,9-12H2,1-3H3,(H,21,22). The number of hydrogen-bond donors (Lipinski definition) is 1. The van der Waals surface area contributed by atoms with Gasteiger partial charge in [0.15, 0.2) is 0 Å². The van der Waals surface area contributed by atoms with E-state index in [0.717, 1.165) is 0 Å². The van der Waals surface area contributed by atoms with Crippen molar-refractivity contribution in [2.45, 2.75) is 50.7 Å². The molecule has 1 fully saturated rings. The van der Waals surface area contributed by atoms with Crippen LogP contribution in [0.2, 0.25) is 0 Å². The smallest absolute Gasteiger partial charge is 0.326 e. The van der Waals surface area contributed by atoms with E-state index < -0.39 is 12.0 Å². The van der Waals surface area contributed by atoms with Crippen molar-refractivity contribution in [1.82, 2.24) is 4.90 Å². The lowest BCUT2D eigenvalue weighted by molar-refractivity contribution is -0.148. The number of rotatable bonds is 6. The molecule has 1 heterocycles. The van der Waals surface area contributed by atoms with Crippen molar-refractivity contribution in [3.8, 4) is 0 Å². The summed E-state index contributed by atoms with van der Waals surface area (Å²) in [6.07, 6.45) is 1.18. The van der Waals surface area contributed by atoms with Gasteiger partial charge in [-0.1, -0.05) is 44.2 Å². The topological polar surface area (TPSA) is 66.8 Å². The van der Waals surface area contributed by atoms with Crippen LogP contribution in [-0.4, -0.2) is 47.7 Å². The van der Waals surface area contributed by atoms with E-state index in [2.05, 4.69) is 26.0 Å². The lowest BCUT2D eigenvalue weighted by Crippen LogP contribution is -2.41. The summed E-state index contributed by atoms with van der Waals surface area (Å²) < 4.78 is 5.23. The second-order valence-corrected chi connectivity index (χ2v) is 6.74. The predicted octanol–water partition coefficient (Wildman–Crippen LogP) is 2.44. The number of hydrogen-bond acceptors (Lipinski definition) is 3. The molecular formula is C18H25NO4. The number of carboxylic acid groups (broad SMARTS) is 1. The molecule has 0 aromatic heterocycles. The molecule has 0 spiro atoms. The molecule has 126 valence electrons. The Morgan fingerprint density at radius 1 is 1.30 bits per heavy atom. The number of likely N-dealkylation sites (tertiary alicyclic amines) is 1. The molecule has 1 aliphatic rings. The summed E-state index contributed by atoms with van der Waals surface area (Å²) in [5, 5.41) is 9.30. The molecule has 1 aromatic carbocycles. The first-order valence-corrected chi connectivity index (χ1v) is 7.96. The molecule has 1 aromatic rings. The number of carboxylic acids is 1. The quantitative estimate of drug-likeness (QED) is 0.874.